The first kappa shape index (κ1) is 9.65. The van der Waals surface area contributed by atoms with Gasteiger partial charge >= 0.3 is 0 Å². The number of halogens is 3. The molecule has 0 saturated heterocycles. The molecule has 0 saturated carbocycles. The maximum Gasteiger partial charge on any atom is 0.127 e. The summed E-state index contributed by atoms with van der Waals surface area (Å²) in [6.45, 7) is 0.957. The quantitative estimate of drug-likeness (QED) is 0.734. The number of rotatable bonds is 2. The number of alkyl halides is 1. The highest BCUT2D eigenvalue weighted by atomic mass is 79.9. The molecule has 0 aliphatic heterocycles. The van der Waals surface area contributed by atoms with Crippen LogP contribution in [-0.4, -0.2) is 6.67 Å². The van der Waals surface area contributed by atoms with E-state index in [1.54, 1.807) is 19.1 Å². The van der Waals surface area contributed by atoms with E-state index in [0.29, 0.717) is 11.5 Å². The standard InChI is InChI=1S/C9H8BrF2/c1-6(5-11)8-4-7(10)2-3-9(8)12/h2-4H,5H2,1H3. The number of hydrogen-bond acceptors (Lipinski definition) is 0. The largest absolute Gasteiger partial charge is 0.250 e. The first-order chi connectivity index (χ1) is 5.65. The van der Waals surface area contributed by atoms with Crippen LogP contribution in [0.25, 0.3) is 0 Å². The van der Waals surface area contributed by atoms with Crippen molar-refractivity contribution < 1.29 is 8.78 Å². The van der Waals surface area contributed by atoms with Crippen LogP contribution in [0, 0.1) is 11.7 Å². The molecule has 0 heterocycles. The summed E-state index contributed by atoms with van der Waals surface area (Å²) >= 11 is 3.19. The van der Waals surface area contributed by atoms with Crippen molar-refractivity contribution in [1.82, 2.24) is 0 Å². The topological polar surface area (TPSA) is 0 Å². The van der Waals surface area contributed by atoms with Crippen molar-refractivity contribution in [2.75, 3.05) is 6.67 Å². The molecule has 0 aromatic heterocycles. The fourth-order valence-electron chi connectivity index (χ4n) is 0.897. The van der Waals surface area contributed by atoms with Gasteiger partial charge in [-0.25, -0.2) is 4.39 Å². The normalized spacial score (nSPS) is 10.8. The van der Waals surface area contributed by atoms with E-state index in [4.69, 9.17) is 0 Å². The number of hydrogen-bond donors (Lipinski definition) is 0. The van der Waals surface area contributed by atoms with Gasteiger partial charge < -0.3 is 0 Å². The smallest absolute Gasteiger partial charge is 0.127 e. The molecule has 0 amide bonds. The van der Waals surface area contributed by atoms with E-state index < -0.39 is 6.67 Å². The second-order valence-electron chi connectivity index (χ2n) is 2.54. The van der Waals surface area contributed by atoms with Gasteiger partial charge in [-0.1, -0.05) is 22.9 Å². The SMILES string of the molecule is C[C](CF)c1cc(Br)ccc1F. The summed E-state index contributed by atoms with van der Waals surface area (Å²) in [5.74, 6) is 0.0298. The predicted molar refractivity (Wildman–Crippen MR) is 48.1 cm³/mol. The Balaban J connectivity index is 3.04. The molecular weight excluding hydrogens is 226 g/mol. The first-order valence-electron chi connectivity index (χ1n) is 3.49. The van der Waals surface area contributed by atoms with Crippen LogP contribution in [0.3, 0.4) is 0 Å². The fourth-order valence-corrected chi connectivity index (χ4v) is 1.26. The summed E-state index contributed by atoms with van der Waals surface area (Å²) in [7, 11) is 0. The lowest BCUT2D eigenvalue weighted by molar-refractivity contribution is 0.507. The van der Waals surface area contributed by atoms with Gasteiger partial charge in [0.15, 0.2) is 0 Å². The molecule has 0 unspecified atom stereocenters. The van der Waals surface area contributed by atoms with Crippen LogP contribution in [0.2, 0.25) is 0 Å². The van der Waals surface area contributed by atoms with Gasteiger partial charge in [0.2, 0.25) is 0 Å². The maximum atomic E-state index is 13.0. The molecule has 0 fully saturated rings. The van der Waals surface area contributed by atoms with Crippen LogP contribution in [0.4, 0.5) is 8.78 Å². The lowest BCUT2D eigenvalue weighted by Gasteiger charge is -2.07. The van der Waals surface area contributed by atoms with Gasteiger partial charge in [0.05, 0.1) is 6.67 Å². The molecule has 12 heavy (non-hydrogen) atoms. The Morgan fingerprint density at radius 1 is 1.50 bits per heavy atom. The van der Waals surface area contributed by atoms with E-state index >= 15 is 0 Å². The highest BCUT2D eigenvalue weighted by Gasteiger charge is 2.11. The van der Waals surface area contributed by atoms with E-state index in [1.807, 2.05) is 0 Å². The highest BCUT2D eigenvalue weighted by Crippen LogP contribution is 2.22. The Labute approximate surface area is 78.7 Å². The van der Waals surface area contributed by atoms with Gasteiger partial charge in [0, 0.05) is 10.4 Å². The molecule has 0 bridgehead atoms. The van der Waals surface area contributed by atoms with Crippen LogP contribution < -0.4 is 0 Å². The molecule has 0 N–H and O–H groups in total. The first-order valence-corrected chi connectivity index (χ1v) is 4.28. The minimum Gasteiger partial charge on any atom is -0.250 e. The van der Waals surface area contributed by atoms with Crippen molar-refractivity contribution in [3.05, 3.63) is 40.0 Å². The maximum absolute atomic E-state index is 13.0. The predicted octanol–water partition coefficient (Wildman–Crippen LogP) is 3.50. The van der Waals surface area contributed by atoms with Gasteiger partial charge in [-0.2, -0.15) is 0 Å². The molecule has 0 spiro atoms. The summed E-state index contributed by atoms with van der Waals surface area (Å²) in [5, 5.41) is 0. The summed E-state index contributed by atoms with van der Waals surface area (Å²) in [6.07, 6.45) is 0. The zero-order valence-corrected chi connectivity index (χ0v) is 8.16. The molecule has 1 radical (unpaired) electrons. The van der Waals surface area contributed by atoms with E-state index in [1.165, 1.54) is 6.07 Å². The van der Waals surface area contributed by atoms with Crippen LogP contribution in [0.1, 0.15) is 12.5 Å². The Kier molecular flexibility index (Phi) is 3.20. The van der Waals surface area contributed by atoms with Crippen LogP contribution in [0.5, 0.6) is 0 Å². The second kappa shape index (κ2) is 3.99. The lowest BCUT2D eigenvalue weighted by atomic mass is 10.0. The van der Waals surface area contributed by atoms with E-state index in [-0.39, 0.29) is 5.82 Å². The molecule has 3 heteroatoms. The zero-order chi connectivity index (χ0) is 9.14. The average Bonchev–Trinajstić information content (AvgIpc) is 2.08. The second-order valence-corrected chi connectivity index (χ2v) is 3.45. The van der Waals surface area contributed by atoms with Crippen LogP contribution in [0.15, 0.2) is 22.7 Å². The minimum atomic E-state index is -0.618. The Bertz CT molecular complexity index is 273. The number of benzene rings is 1. The van der Waals surface area contributed by atoms with Crippen LogP contribution in [-0.2, 0) is 0 Å². The molecule has 65 valence electrons. The van der Waals surface area contributed by atoms with Crippen LogP contribution >= 0.6 is 15.9 Å². The third-order valence-electron chi connectivity index (χ3n) is 1.59. The molecule has 0 aliphatic rings. The Hall–Kier alpha value is -0.440. The minimum absolute atomic E-state index is 0.340. The van der Waals surface area contributed by atoms with Crippen molar-refractivity contribution in [2.24, 2.45) is 0 Å². The van der Waals surface area contributed by atoms with Crippen molar-refractivity contribution in [3.63, 3.8) is 0 Å². The van der Waals surface area contributed by atoms with Gasteiger partial charge in [0.25, 0.3) is 0 Å². The van der Waals surface area contributed by atoms with Crippen molar-refractivity contribution in [3.8, 4) is 0 Å². The molecule has 0 nitrogen and oxygen atoms in total. The van der Waals surface area contributed by atoms with Gasteiger partial charge in [-0.05, 0) is 23.8 Å². The molecule has 0 aliphatic carbocycles. The van der Waals surface area contributed by atoms with E-state index in [2.05, 4.69) is 15.9 Å². The third kappa shape index (κ3) is 2.03. The van der Waals surface area contributed by atoms with Gasteiger partial charge in [-0.15, -0.1) is 0 Å². The summed E-state index contributed by atoms with van der Waals surface area (Å²) < 4.78 is 25.9. The third-order valence-corrected chi connectivity index (χ3v) is 2.08. The molecule has 1 rings (SSSR count). The van der Waals surface area contributed by atoms with Gasteiger partial charge in [-0.3, -0.25) is 4.39 Å². The van der Waals surface area contributed by atoms with E-state index in [0.717, 1.165) is 4.47 Å². The summed E-state index contributed by atoms with van der Waals surface area (Å²) in [4.78, 5) is 0. The summed E-state index contributed by atoms with van der Waals surface area (Å²) in [5.41, 5.74) is 0.340. The molecular formula is C9H8BrF2. The average molecular weight is 234 g/mol. The Morgan fingerprint density at radius 3 is 2.75 bits per heavy atom. The molecule has 1 aromatic carbocycles. The van der Waals surface area contributed by atoms with Crippen molar-refractivity contribution in [2.45, 2.75) is 6.92 Å². The lowest BCUT2D eigenvalue weighted by Crippen LogP contribution is -1.99. The Morgan fingerprint density at radius 2 is 2.17 bits per heavy atom. The van der Waals surface area contributed by atoms with E-state index in [9.17, 15) is 8.78 Å². The zero-order valence-electron chi connectivity index (χ0n) is 6.57. The van der Waals surface area contributed by atoms with Crippen molar-refractivity contribution in [1.29, 1.82) is 0 Å². The molecule has 1 aromatic rings. The highest BCUT2D eigenvalue weighted by molar-refractivity contribution is 9.10. The molecule has 0 atom stereocenters. The van der Waals surface area contributed by atoms with Crippen molar-refractivity contribution >= 4 is 15.9 Å². The van der Waals surface area contributed by atoms with Gasteiger partial charge in [0.1, 0.15) is 5.82 Å². The monoisotopic (exact) mass is 233 g/mol. The fraction of sp³-hybridized carbons (Fsp3) is 0.222. The summed E-state index contributed by atoms with van der Waals surface area (Å²) in [6, 6.07) is 4.48.